The molecule has 3 rings (SSSR count). The summed E-state index contributed by atoms with van der Waals surface area (Å²) in [5, 5.41) is 13.1. The first-order valence-electron chi connectivity index (χ1n) is 8.52. The van der Waals surface area contributed by atoms with Gasteiger partial charge in [0.05, 0.1) is 19.3 Å². The first-order chi connectivity index (χ1) is 12.2. The molecule has 1 aliphatic heterocycles. The standard InChI is InChI=1S/C20H23NO4/c22-18(14-16-9-5-2-6-10-16)19(23)21-17(20-24-11-12-25-20)13-15-7-3-1-4-8-15/h1-10,17-18,20,22H,11-14H2,(H,21,23)/t17-,18?/m0/s1. The minimum atomic E-state index is -1.11. The van der Waals surface area contributed by atoms with E-state index >= 15 is 0 Å². The molecule has 1 heterocycles. The lowest BCUT2D eigenvalue weighted by atomic mass is 10.0. The van der Waals surface area contributed by atoms with Gasteiger partial charge in [-0.05, 0) is 17.5 Å². The quantitative estimate of drug-likeness (QED) is 0.804. The zero-order valence-electron chi connectivity index (χ0n) is 14.0. The van der Waals surface area contributed by atoms with Crippen LogP contribution in [0, 0.1) is 0 Å². The molecular formula is C20H23NO4. The second-order valence-electron chi connectivity index (χ2n) is 6.12. The van der Waals surface area contributed by atoms with Gasteiger partial charge in [0.1, 0.15) is 6.10 Å². The van der Waals surface area contributed by atoms with Gasteiger partial charge in [-0.3, -0.25) is 4.79 Å². The van der Waals surface area contributed by atoms with Crippen molar-refractivity contribution in [3.05, 3.63) is 71.8 Å². The number of amides is 1. The van der Waals surface area contributed by atoms with Crippen LogP contribution in [0.5, 0.6) is 0 Å². The van der Waals surface area contributed by atoms with Gasteiger partial charge in [-0.15, -0.1) is 0 Å². The molecule has 0 aliphatic carbocycles. The Bertz CT molecular complexity index is 656. The number of aliphatic hydroxyl groups is 1. The maximum atomic E-state index is 12.4. The van der Waals surface area contributed by atoms with Crippen molar-refractivity contribution in [2.24, 2.45) is 0 Å². The van der Waals surface area contributed by atoms with Crippen molar-refractivity contribution < 1.29 is 19.4 Å². The van der Waals surface area contributed by atoms with Crippen LogP contribution in [0.3, 0.4) is 0 Å². The molecule has 0 bridgehead atoms. The monoisotopic (exact) mass is 341 g/mol. The molecular weight excluding hydrogens is 318 g/mol. The molecule has 2 aromatic carbocycles. The fraction of sp³-hybridized carbons (Fsp3) is 0.350. The van der Waals surface area contributed by atoms with Gasteiger partial charge in [0.25, 0.3) is 0 Å². The first-order valence-corrected chi connectivity index (χ1v) is 8.52. The zero-order valence-corrected chi connectivity index (χ0v) is 14.0. The first kappa shape index (κ1) is 17.6. The van der Waals surface area contributed by atoms with Crippen molar-refractivity contribution in [3.8, 4) is 0 Å². The number of ether oxygens (including phenoxy) is 2. The van der Waals surface area contributed by atoms with E-state index in [4.69, 9.17) is 9.47 Å². The summed E-state index contributed by atoms with van der Waals surface area (Å²) in [5.74, 6) is -0.413. The number of benzene rings is 2. The predicted octanol–water partition coefficient (Wildman–Crippen LogP) is 1.69. The molecule has 25 heavy (non-hydrogen) atoms. The molecule has 1 fully saturated rings. The number of hydrogen-bond donors (Lipinski definition) is 2. The Labute approximate surface area is 147 Å². The molecule has 0 aromatic heterocycles. The Morgan fingerprint density at radius 1 is 0.960 bits per heavy atom. The molecule has 2 atom stereocenters. The maximum Gasteiger partial charge on any atom is 0.249 e. The molecule has 0 saturated carbocycles. The summed E-state index contributed by atoms with van der Waals surface area (Å²) < 4.78 is 11.1. The second kappa shape index (κ2) is 8.76. The van der Waals surface area contributed by atoms with Crippen LogP contribution in [0.1, 0.15) is 11.1 Å². The van der Waals surface area contributed by atoms with E-state index in [9.17, 15) is 9.90 Å². The lowest BCUT2D eigenvalue weighted by Crippen LogP contribution is -2.49. The number of rotatable bonds is 7. The summed E-state index contributed by atoms with van der Waals surface area (Å²) in [7, 11) is 0. The van der Waals surface area contributed by atoms with Crippen molar-refractivity contribution in [2.75, 3.05) is 13.2 Å². The highest BCUT2D eigenvalue weighted by atomic mass is 16.7. The Hall–Kier alpha value is -2.21. The van der Waals surface area contributed by atoms with Crippen LogP contribution in [0.15, 0.2) is 60.7 Å². The Kier molecular flexibility index (Phi) is 6.17. The van der Waals surface area contributed by atoms with E-state index in [-0.39, 0.29) is 12.5 Å². The average molecular weight is 341 g/mol. The van der Waals surface area contributed by atoms with Crippen LogP contribution < -0.4 is 5.32 Å². The third-order valence-corrected chi connectivity index (χ3v) is 4.18. The van der Waals surface area contributed by atoms with E-state index in [1.54, 1.807) is 0 Å². The van der Waals surface area contributed by atoms with Crippen molar-refractivity contribution in [1.82, 2.24) is 5.32 Å². The highest BCUT2D eigenvalue weighted by Gasteiger charge is 2.30. The van der Waals surface area contributed by atoms with E-state index in [2.05, 4.69) is 5.32 Å². The molecule has 0 spiro atoms. The van der Waals surface area contributed by atoms with Gasteiger partial charge in [0.15, 0.2) is 6.29 Å². The summed E-state index contributed by atoms with van der Waals surface area (Å²) >= 11 is 0. The van der Waals surface area contributed by atoms with Gasteiger partial charge in [-0.25, -0.2) is 0 Å². The number of carbonyl (C=O) groups is 1. The van der Waals surface area contributed by atoms with Crippen LogP contribution in [-0.4, -0.2) is 42.7 Å². The number of aliphatic hydroxyl groups excluding tert-OH is 1. The molecule has 0 radical (unpaired) electrons. The van der Waals surface area contributed by atoms with E-state index in [0.29, 0.717) is 19.6 Å². The maximum absolute atomic E-state index is 12.4. The van der Waals surface area contributed by atoms with Gasteiger partial charge < -0.3 is 19.9 Å². The van der Waals surface area contributed by atoms with Gasteiger partial charge in [-0.1, -0.05) is 60.7 Å². The third kappa shape index (κ3) is 5.13. The molecule has 1 aliphatic rings. The van der Waals surface area contributed by atoms with Crippen LogP contribution >= 0.6 is 0 Å². The fourth-order valence-electron chi connectivity index (χ4n) is 2.90. The second-order valence-corrected chi connectivity index (χ2v) is 6.12. The Balaban J connectivity index is 1.63. The summed E-state index contributed by atoms with van der Waals surface area (Å²) in [6.45, 7) is 1.02. The molecule has 1 saturated heterocycles. The predicted molar refractivity (Wildman–Crippen MR) is 93.9 cm³/mol. The van der Waals surface area contributed by atoms with Crippen molar-refractivity contribution in [1.29, 1.82) is 0 Å². The summed E-state index contributed by atoms with van der Waals surface area (Å²) in [6, 6.07) is 19.0. The zero-order chi connectivity index (χ0) is 17.5. The van der Waals surface area contributed by atoms with Crippen LogP contribution in [-0.2, 0) is 27.1 Å². The topological polar surface area (TPSA) is 67.8 Å². The number of carbonyl (C=O) groups excluding carboxylic acids is 1. The van der Waals surface area contributed by atoms with Crippen molar-refractivity contribution in [2.45, 2.75) is 31.3 Å². The number of hydrogen-bond acceptors (Lipinski definition) is 4. The summed E-state index contributed by atoms with van der Waals surface area (Å²) in [4.78, 5) is 12.4. The molecule has 5 heteroatoms. The van der Waals surface area contributed by atoms with Crippen molar-refractivity contribution >= 4 is 5.91 Å². The van der Waals surface area contributed by atoms with Gasteiger partial charge in [0.2, 0.25) is 5.91 Å². The fourth-order valence-corrected chi connectivity index (χ4v) is 2.90. The molecule has 5 nitrogen and oxygen atoms in total. The van der Waals surface area contributed by atoms with E-state index in [0.717, 1.165) is 11.1 Å². The normalized spacial score (nSPS) is 17.2. The molecule has 2 N–H and O–H groups in total. The average Bonchev–Trinajstić information content (AvgIpc) is 3.17. The van der Waals surface area contributed by atoms with Gasteiger partial charge in [0, 0.05) is 6.42 Å². The van der Waals surface area contributed by atoms with Gasteiger partial charge >= 0.3 is 0 Å². The molecule has 1 amide bonds. The minimum absolute atomic E-state index is 0.275. The summed E-state index contributed by atoms with van der Waals surface area (Å²) in [5.41, 5.74) is 1.99. The smallest absolute Gasteiger partial charge is 0.249 e. The van der Waals surface area contributed by atoms with E-state index < -0.39 is 18.3 Å². The minimum Gasteiger partial charge on any atom is -0.383 e. The van der Waals surface area contributed by atoms with E-state index in [1.807, 2.05) is 60.7 Å². The molecule has 2 aromatic rings. The van der Waals surface area contributed by atoms with Crippen LogP contribution in [0.25, 0.3) is 0 Å². The summed E-state index contributed by atoms with van der Waals surface area (Å²) in [6.07, 6.45) is -0.748. The highest BCUT2D eigenvalue weighted by Crippen LogP contribution is 2.14. The highest BCUT2D eigenvalue weighted by molar-refractivity contribution is 5.81. The van der Waals surface area contributed by atoms with Gasteiger partial charge in [-0.2, -0.15) is 0 Å². The lowest BCUT2D eigenvalue weighted by molar-refractivity contribution is -0.134. The SMILES string of the molecule is O=C(N[C@@H](Cc1ccccc1)C1OCCO1)C(O)Cc1ccccc1. The van der Waals surface area contributed by atoms with Crippen LogP contribution in [0.4, 0.5) is 0 Å². The lowest BCUT2D eigenvalue weighted by Gasteiger charge is -2.25. The Morgan fingerprint density at radius 2 is 1.48 bits per heavy atom. The van der Waals surface area contributed by atoms with Crippen LogP contribution in [0.2, 0.25) is 0 Å². The van der Waals surface area contributed by atoms with Crippen molar-refractivity contribution in [3.63, 3.8) is 0 Å². The Morgan fingerprint density at radius 3 is 2.04 bits per heavy atom. The molecule has 1 unspecified atom stereocenters. The molecule has 132 valence electrons. The third-order valence-electron chi connectivity index (χ3n) is 4.18. The largest absolute Gasteiger partial charge is 0.383 e. The van der Waals surface area contributed by atoms with E-state index in [1.165, 1.54) is 0 Å². The number of nitrogens with one attached hydrogen (secondary N) is 1.